The van der Waals surface area contributed by atoms with Crippen LogP contribution >= 0.6 is 0 Å². The molecule has 0 atom stereocenters. The van der Waals surface area contributed by atoms with Gasteiger partial charge in [0.05, 0.1) is 12.7 Å². The Kier molecular flexibility index (Phi) is 3.68. The Morgan fingerprint density at radius 3 is 2.84 bits per heavy atom. The molecule has 3 aromatic rings. The van der Waals surface area contributed by atoms with E-state index in [4.69, 9.17) is 13.9 Å². The normalized spacial score (nSPS) is 12.3. The molecular formula is C21H20O4. The zero-order valence-electron chi connectivity index (χ0n) is 14.6. The van der Waals surface area contributed by atoms with E-state index in [1.165, 1.54) is 5.57 Å². The highest BCUT2D eigenvalue weighted by molar-refractivity contribution is 5.91. The second-order valence-corrected chi connectivity index (χ2v) is 6.52. The molecule has 0 fully saturated rings. The van der Waals surface area contributed by atoms with Crippen molar-refractivity contribution < 1.29 is 19.0 Å². The lowest BCUT2D eigenvalue weighted by molar-refractivity contribution is 0.297. The standard InChI is InChI=1S/C21H20O4/c1-12(2)4-5-13-8-16-19(10-18(13)23-3)24-11-17-15-7-6-14(22)9-20(15)25-21(16)17/h4,6-10,22H,5,11H2,1-3H3. The fourth-order valence-electron chi connectivity index (χ4n) is 3.22. The van der Waals surface area contributed by atoms with Gasteiger partial charge in [0.25, 0.3) is 0 Å². The summed E-state index contributed by atoms with van der Waals surface area (Å²) in [5.74, 6) is 2.57. The predicted molar refractivity (Wildman–Crippen MR) is 97.3 cm³/mol. The Bertz CT molecular complexity index is 991. The van der Waals surface area contributed by atoms with Crippen LogP contribution < -0.4 is 9.47 Å². The first-order valence-electron chi connectivity index (χ1n) is 8.28. The fourth-order valence-corrected chi connectivity index (χ4v) is 3.22. The van der Waals surface area contributed by atoms with Crippen molar-refractivity contribution in [2.75, 3.05) is 7.11 Å². The number of phenols is 1. The van der Waals surface area contributed by atoms with Crippen LogP contribution in [0.1, 0.15) is 25.0 Å². The van der Waals surface area contributed by atoms with Gasteiger partial charge in [-0.1, -0.05) is 11.6 Å². The van der Waals surface area contributed by atoms with Crippen LogP contribution in [-0.4, -0.2) is 12.2 Å². The third kappa shape index (κ3) is 2.64. The summed E-state index contributed by atoms with van der Waals surface area (Å²) in [4.78, 5) is 0. The maximum Gasteiger partial charge on any atom is 0.145 e. The molecule has 4 nitrogen and oxygen atoms in total. The minimum Gasteiger partial charge on any atom is -0.508 e. The van der Waals surface area contributed by atoms with E-state index in [1.54, 1.807) is 19.2 Å². The highest BCUT2D eigenvalue weighted by atomic mass is 16.5. The van der Waals surface area contributed by atoms with E-state index in [1.807, 2.05) is 12.1 Å². The molecule has 0 amide bonds. The van der Waals surface area contributed by atoms with Crippen LogP contribution in [0.15, 0.2) is 46.4 Å². The van der Waals surface area contributed by atoms with Crippen LogP contribution in [0, 0.1) is 0 Å². The molecule has 4 rings (SSSR count). The van der Waals surface area contributed by atoms with Gasteiger partial charge in [0.15, 0.2) is 0 Å². The summed E-state index contributed by atoms with van der Waals surface area (Å²) in [6, 6.07) is 9.18. The van der Waals surface area contributed by atoms with Gasteiger partial charge in [-0.25, -0.2) is 0 Å². The first kappa shape index (κ1) is 15.6. The van der Waals surface area contributed by atoms with Gasteiger partial charge in [0, 0.05) is 23.1 Å². The average Bonchev–Trinajstić information content (AvgIpc) is 2.96. The summed E-state index contributed by atoms with van der Waals surface area (Å²) in [6.07, 6.45) is 2.96. The minimum absolute atomic E-state index is 0.193. The zero-order chi connectivity index (χ0) is 17.6. The fraction of sp³-hybridized carbons (Fsp3) is 0.238. The summed E-state index contributed by atoms with van der Waals surface area (Å²) >= 11 is 0. The second-order valence-electron chi connectivity index (χ2n) is 6.52. The Balaban J connectivity index is 1.89. The van der Waals surface area contributed by atoms with E-state index in [-0.39, 0.29) is 5.75 Å². The van der Waals surface area contributed by atoms with Crippen molar-refractivity contribution in [3.63, 3.8) is 0 Å². The summed E-state index contributed by atoms with van der Waals surface area (Å²) in [7, 11) is 1.67. The van der Waals surface area contributed by atoms with Gasteiger partial charge in [0.2, 0.25) is 0 Å². The quantitative estimate of drug-likeness (QED) is 0.667. The van der Waals surface area contributed by atoms with Gasteiger partial charge in [-0.05, 0) is 44.0 Å². The lowest BCUT2D eigenvalue weighted by Gasteiger charge is -2.19. The molecule has 0 saturated carbocycles. The summed E-state index contributed by atoms with van der Waals surface area (Å²) < 4.78 is 17.5. The smallest absolute Gasteiger partial charge is 0.145 e. The lowest BCUT2D eigenvalue weighted by Crippen LogP contribution is -2.05. The number of benzene rings is 2. The highest BCUT2D eigenvalue weighted by Crippen LogP contribution is 2.45. The van der Waals surface area contributed by atoms with Gasteiger partial charge in [-0.15, -0.1) is 0 Å². The number of furan rings is 1. The maximum absolute atomic E-state index is 9.71. The summed E-state index contributed by atoms with van der Waals surface area (Å²) in [5, 5.41) is 10.7. The van der Waals surface area contributed by atoms with E-state index >= 15 is 0 Å². The molecule has 0 bridgehead atoms. The van der Waals surface area contributed by atoms with Gasteiger partial charge in [-0.3, -0.25) is 0 Å². The number of phenolic OH excluding ortho intramolecular Hbond substituents is 1. The van der Waals surface area contributed by atoms with E-state index in [9.17, 15) is 5.11 Å². The van der Waals surface area contributed by atoms with Gasteiger partial charge in [0.1, 0.15) is 35.2 Å². The minimum atomic E-state index is 0.193. The summed E-state index contributed by atoms with van der Waals surface area (Å²) in [5.41, 5.74) is 4.96. The molecule has 2 aromatic carbocycles. The number of hydrogen-bond acceptors (Lipinski definition) is 4. The van der Waals surface area contributed by atoms with E-state index in [0.717, 1.165) is 45.8 Å². The van der Waals surface area contributed by atoms with Crippen LogP contribution in [0.5, 0.6) is 17.2 Å². The predicted octanol–water partition coefficient (Wildman–Crippen LogP) is 5.22. The van der Waals surface area contributed by atoms with Crippen molar-refractivity contribution in [3.8, 4) is 28.6 Å². The monoisotopic (exact) mass is 336 g/mol. The molecule has 0 spiro atoms. The second kappa shape index (κ2) is 5.88. The molecule has 128 valence electrons. The number of allylic oxidation sites excluding steroid dienone is 2. The number of ether oxygens (including phenoxy) is 2. The zero-order valence-corrected chi connectivity index (χ0v) is 14.6. The molecule has 1 aliphatic rings. The SMILES string of the molecule is COc1cc2c(cc1CC=C(C)C)-c1oc3cc(O)ccc3c1CO2. The van der Waals surface area contributed by atoms with Crippen molar-refractivity contribution in [1.82, 2.24) is 0 Å². The van der Waals surface area contributed by atoms with Crippen molar-refractivity contribution >= 4 is 11.0 Å². The molecule has 0 aliphatic carbocycles. The number of fused-ring (bicyclic) bond motifs is 5. The number of methoxy groups -OCH3 is 1. The summed E-state index contributed by atoms with van der Waals surface area (Å²) in [6.45, 7) is 4.60. The third-order valence-electron chi connectivity index (χ3n) is 4.51. The van der Waals surface area contributed by atoms with Crippen molar-refractivity contribution in [1.29, 1.82) is 0 Å². The molecule has 0 radical (unpaired) electrons. The average molecular weight is 336 g/mol. The lowest BCUT2D eigenvalue weighted by atomic mass is 9.98. The Hall–Kier alpha value is -2.88. The molecule has 25 heavy (non-hydrogen) atoms. The molecule has 1 N–H and O–H groups in total. The molecule has 0 saturated heterocycles. The maximum atomic E-state index is 9.71. The molecule has 2 heterocycles. The van der Waals surface area contributed by atoms with Gasteiger partial charge in [-0.2, -0.15) is 0 Å². The van der Waals surface area contributed by atoms with Crippen LogP contribution in [-0.2, 0) is 13.0 Å². The molecular weight excluding hydrogens is 316 g/mol. The first-order chi connectivity index (χ1) is 12.1. The van der Waals surface area contributed by atoms with Crippen molar-refractivity contribution in [2.45, 2.75) is 26.9 Å². The van der Waals surface area contributed by atoms with Crippen LogP contribution in [0.4, 0.5) is 0 Å². The van der Waals surface area contributed by atoms with Crippen LogP contribution in [0.2, 0.25) is 0 Å². The Morgan fingerprint density at radius 1 is 1.24 bits per heavy atom. The topological polar surface area (TPSA) is 51.8 Å². The number of hydrogen-bond donors (Lipinski definition) is 1. The van der Waals surface area contributed by atoms with E-state index in [2.05, 4.69) is 26.0 Å². The molecule has 1 aromatic heterocycles. The van der Waals surface area contributed by atoms with Gasteiger partial charge < -0.3 is 19.0 Å². The third-order valence-corrected chi connectivity index (χ3v) is 4.51. The van der Waals surface area contributed by atoms with Gasteiger partial charge >= 0.3 is 0 Å². The molecule has 0 unspecified atom stereocenters. The highest BCUT2D eigenvalue weighted by Gasteiger charge is 2.26. The van der Waals surface area contributed by atoms with E-state index < -0.39 is 0 Å². The molecule has 4 heteroatoms. The molecule has 1 aliphatic heterocycles. The Morgan fingerprint density at radius 2 is 2.08 bits per heavy atom. The number of aromatic hydroxyl groups is 1. The Labute approximate surface area is 146 Å². The number of rotatable bonds is 3. The first-order valence-corrected chi connectivity index (χ1v) is 8.28. The largest absolute Gasteiger partial charge is 0.508 e. The van der Waals surface area contributed by atoms with Crippen LogP contribution in [0.25, 0.3) is 22.3 Å². The van der Waals surface area contributed by atoms with Crippen LogP contribution in [0.3, 0.4) is 0 Å². The van der Waals surface area contributed by atoms with Crippen molar-refractivity contribution in [3.05, 3.63) is 53.1 Å². The van der Waals surface area contributed by atoms with Crippen molar-refractivity contribution in [2.24, 2.45) is 0 Å². The van der Waals surface area contributed by atoms with E-state index in [0.29, 0.717) is 12.2 Å².